The number of hydrogen-bond acceptors (Lipinski definition) is 4. The molecule has 0 aliphatic rings. The summed E-state index contributed by atoms with van der Waals surface area (Å²) in [7, 11) is 1.87. The Labute approximate surface area is 99.7 Å². The summed E-state index contributed by atoms with van der Waals surface area (Å²) < 4.78 is 7.39. The highest BCUT2D eigenvalue weighted by atomic mass is 16.5. The van der Waals surface area contributed by atoms with Crippen LogP contribution in [0.3, 0.4) is 0 Å². The Morgan fingerprint density at radius 3 is 2.94 bits per heavy atom. The Balaban J connectivity index is 2.04. The number of aliphatic hydroxyl groups excluding tert-OH is 1. The number of rotatable bonds is 4. The van der Waals surface area contributed by atoms with Gasteiger partial charge in [0.15, 0.2) is 5.82 Å². The molecular weight excluding hydrogens is 218 g/mol. The Morgan fingerprint density at radius 2 is 2.29 bits per heavy atom. The zero-order chi connectivity index (χ0) is 12.3. The van der Waals surface area contributed by atoms with Gasteiger partial charge in [0.05, 0.1) is 6.10 Å². The second kappa shape index (κ2) is 4.97. The number of aromatic nitrogens is 3. The average molecular weight is 233 g/mol. The number of ether oxygens (including phenoxy) is 1. The Bertz CT molecular complexity index is 494. The summed E-state index contributed by atoms with van der Waals surface area (Å²) in [6.07, 6.45) is 1.14. The zero-order valence-electron chi connectivity index (χ0n) is 9.87. The lowest BCUT2D eigenvalue weighted by atomic mass is 10.1. The summed E-state index contributed by atoms with van der Waals surface area (Å²) in [5.41, 5.74) is 0.834. The van der Waals surface area contributed by atoms with Crippen LogP contribution in [0.2, 0.25) is 0 Å². The van der Waals surface area contributed by atoms with E-state index in [9.17, 15) is 5.11 Å². The number of aliphatic hydroxyl groups is 1. The van der Waals surface area contributed by atoms with Crippen molar-refractivity contribution < 1.29 is 9.84 Å². The molecular formula is C12H15N3O2. The molecule has 0 saturated carbocycles. The molecule has 0 amide bonds. The van der Waals surface area contributed by atoms with E-state index in [1.54, 1.807) is 17.8 Å². The molecule has 0 fully saturated rings. The molecule has 0 spiro atoms. The molecule has 1 N–H and O–H groups in total. The van der Waals surface area contributed by atoms with Gasteiger partial charge in [-0.25, -0.2) is 0 Å². The van der Waals surface area contributed by atoms with E-state index in [4.69, 9.17) is 4.74 Å². The lowest BCUT2D eigenvalue weighted by Crippen LogP contribution is -2.03. The van der Waals surface area contributed by atoms with Gasteiger partial charge in [-0.3, -0.25) is 0 Å². The molecule has 0 radical (unpaired) electrons. The molecule has 90 valence electrons. The first-order valence-electron chi connectivity index (χ1n) is 5.40. The van der Waals surface area contributed by atoms with Gasteiger partial charge in [-0.2, -0.15) is 0 Å². The first-order valence-corrected chi connectivity index (χ1v) is 5.40. The molecule has 0 aliphatic heterocycles. The lowest BCUT2D eigenvalue weighted by Gasteiger charge is -2.09. The smallest absolute Gasteiger partial charge is 0.170 e. The fourth-order valence-electron chi connectivity index (χ4n) is 1.45. The third kappa shape index (κ3) is 2.82. The van der Waals surface area contributed by atoms with Crippen LogP contribution in [-0.2, 0) is 13.7 Å². The molecule has 0 aliphatic carbocycles. The van der Waals surface area contributed by atoms with Gasteiger partial charge in [0.1, 0.15) is 18.7 Å². The van der Waals surface area contributed by atoms with Crippen LogP contribution in [0.4, 0.5) is 0 Å². The minimum atomic E-state index is -0.492. The van der Waals surface area contributed by atoms with E-state index in [0.29, 0.717) is 12.4 Å². The predicted octanol–water partition coefficient (Wildman–Crippen LogP) is 1.45. The van der Waals surface area contributed by atoms with E-state index in [1.807, 2.05) is 31.3 Å². The van der Waals surface area contributed by atoms with E-state index >= 15 is 0 Å². The summed E-state index contributed by atoms with van der Waals surface area (Å²) in [4.78, 5) is 0. The standard InChI is InChI=1S/C12H15N3O2/c1-9(16)10-4-3-5-11(6-10)17-7-12-14-13-8-15(12)2/h3-6,8-9,16H,7H2,1-2H3. The van der Waals surface area contributed by atoms with E-state index in [0.717, 1.165) is 11.4 Å². The number of aryl methyl sites for hydroxylation is 1. The van der Waals surface area contributed by atoms with Crippen molar-refractivity contribution in [3.8, 4) is 5.75 Å². The van der Waals surface area contributed by atoms with Crippen molar-refractivity contribution in [2.45, 2.75) is 19.6 Å². The van der Waals surface area contributed by atoms with Gasteiger partial charge in [-0.05, 0) is 24.6 Å². The molecule has 2 rings (SSSR count). The highest BCUT2D eigenvalue weighted by molar-refractivity contribution is 5.29. The van der Waals surface area contributed by atoms with Crippen molar-refractivity contribution in [1.29, 1.82) is 0 Å². The number of nitrogens with zero attached hydrogens (tertiary/aromatic N) is 3. The topological polar surface area (TPSA) is 60.2 Å². The van der Waals surface area contributed by atoms with Crippen molar-refractivity contribution >= 4 is 0 Å². The molecule has 1 aromatic heterocycles. The summed E-state index contributed by atoms with van der Waals surface area (Å²) in [6, 6.07) is 7.39. The van der Waals surface area contributed by atoms with Gasteiger partial charge in [0.2, 0.25) is 0 Å². The van der Waals surface area contributed by atoms with Gasteiger partial charge in [-0.1, -0.05) is 12.1 Å². The highest BCUT2D eigenvalue weighted by Gasteiger charge is 2.04. The van der Waals surface area contributed by atoms with Crippen molar-refractivity contribution in [2.24, 2.45) is 7.05 Å². The zero-order valence-corrected chi connectivity index (χ0v) is 9.87. The minimum Gasteiger partial charge on any atom is -0.486 e. The summed E-state index contributed by atoms with van der Waals surface area (Å²) in [5, 5.41) is 17.2. The average Bonchev–Trinajstić information content (AvgIpc) is 2.72. The summed E-state index contributed by atoms with van der Waals surface area (Å²) in [6.45, 7) is 2.08. The summed E-state index contributed by atoms with van der Waals surface area (Å²) >= 11 is 0. The molecule has 1 unspecified atom stereocenters. The van der Waals surface area contributed by atoms with Crippen molar-refractivity contribution in [3.05, 3.63) is 42.0 Å². The first kappa shape index (κ1) is 11.6. The first-order chi connectivity index (χ1) is 8.16. The van der Waals surface area contributed by atoms with E-state index in [-0.39, 0.29) is 0 Å². The molecule has 5 heteroatoms. The van der Waals surface area contributed by atoms with Gasteiger partial charge in [0.25, 0.3) is 0 Å². The monoisotopic (exact) mass is 233 g/mol. The predicted molar refractivity (Wildman–Crippen MR) is 62.4 cm³/mol. The third-order valence-corrected chi connectivity index (χ3v) is 2.51. The van der Waals surface area contributed by atoms with Gasteiger partial charge in [0, 0.05) is 7.05 Å². The minimum absolute atomic E-state index is 0.361. The quantitative estimate of drug-likeness (QED) is 0.868. The molecule has 17 heavy (non-hydrogen) atoms. The van der Waals surface area contributed by atoms with Crippen LogP contribution in [0.15, 0.2) is 30.6 Å². The van der Waals surface area contributed by atoms with Crippen LogP contribution in [0.5, 0.6) is 5.75 Å². The van der Waals surface area contributed by atoms with Crippen LogP contribution in [0, 0.1) is 0 Å². The van der Waals surface area contributed by atoms with E-state index in [1.165, 1.54) is 0 Å². The van der Waals surface area contributed by atoms with Gasteiger partial charge < -0.3 is 14.4 Å². The molecule has 1 heterocycles. The molecule has 5 nitrogen and oxygen atoms in total. The molecule has 1 atom stereocenters. The molecule has 0 bridgehead atoms. The number of hydrogen-bond donors (Lipinski definition) is 1. The van der Waals surface area contributed by atoms with E-state index < -0.39 is 6.10 Å². The van der Waals surface area contributed by atoms with Crippen molar-refractivity contribution in [2.75, 3.05) is 0 Å². The Morgan fingerprint density at radius 1 is 1.47 bits per heavy atom. The maximum absolute atomic E-state index is 9.46. The molecule has 0 saturated heterocycles. The van der Waals surface area contributed by atoms with Gasteiger partial charge >= 0.3 is 0 Å². The van der Waals surface area contributed by atoms with Crippen LogP contribution in [0.25, 0.3) is 0 Å². The van der Waals surface area contributed by atoms with Crippen molar-refractivity contribution in [3.63, 3.8) is 0 Å². The SMILES string of the molecule is CC(O)c1cccc(OCc2nncn2C)c1. The molecule has 1 aromatic carbocycles. The maximum Gasteiger partial charge on any atom is 0.170 e. The van der Waals surface area contributed by atoms with Crippen LogP contribution < -0.4 is 4.74 Å². The molecule has 2 aromatic rings. The Hall–Kier alpha value is -1.88. The van der Waals surface area contributed by atoms with Crippen LogP contribution >= 0.6 is 0 Å². The van der Waals surface area contributed by atoms with Crippen molar-refractivity contribution in [1.82, 2.24) is 14.8 Å². The number of benzene rings is 1. The maximum atomic E-state index is 9.46. The third-order valence-electron chi connectivity index (χ3n) is 2.51. The normalized spacial score (nSPS) is 12.4. The fraction of sp³-hybridized carbons (Fsp3) is 0.333. The highest BCUT2D eigenvalue weighted by Crippen LogP contribution is 2.19. The summed E-state index contributed by atoms with van der Waals surface area (Å²) in [5.74, 6) is 1.47. The second-order valence-corrected chi connectivity index (χ2v) is 3.90. The lowest BCUT2D eigenvalue weighted by molar-refractivity contribution is 0.198. The fourth-order valence-corrected chi connectivity index (χ4v) is 1.45. The van der Waals surface area contributed by atoms with Crippen LogP contribution in [0.1, 0.15) is 24.4 Å². The van der Waals surface area contributed by atoms with E-state index in [2.05, 4.69) is 10.2 Å². The largest absolute Gasteiger partial charge is 0.486 e. The van der Waals surface area contributed by atoms with Gasteiger partial charge in [-0.15, -0.1) is 10.2 Å². The van der Waals surface area contributed by atoms with Crippen LogP contribution in [-0.4, -0.2) is 19.9 Å². The second-order valence-electron chi connectivity index (χ2n) is 3.90. The Kier molecular flexibility index (Phi) is 3.39.